The van der Waals surface area contributed by atoms with Gasteiger partial charge in [0.2, 0.25) is 0 Å². The molecule has 2 saturated carbocycles. The van der Waals surface area contributed by atoms with Crippen LogP contribution in [-0.4, -0.2) is 55.3 Å². The van der Waals surface area contributed by atoms with Crippen LogP contribution >= 0.6 is 0 Å². The number of esters is 1. The molecular formula is C22H28O7S. The molecular weight excluding hydrogens is 408 g/mol. The highest BCUT2D eigenvalue weighted by Crippen LogP contribution is 2.69. The van der Waals surface area contributed by atoms with Crippen LogP contribution in [0.2, 0.25) is 0 Å². The first kappa shape index (κ1) is 20.3. The predicted molar refractivity (Wildman–Crippen MR) is 107 cm³/mol. The molecule has 7 atom stereocenters. The molecule has 0 unspecified atom stereocenters. The number of ether oxygens (including phenoxy) is 3. The third kappa shape index (κ3) is 2.69. The summed E-state index contributed by atoms with van der Waals surface area (Å²) in [7, 11) is -2.17. The zero-order chi connectivity index (χ0) is 21.5. The molecule has 1 aromatic rings. The second-order valence-corrected chi connectivity index (χ2v) is 11.8. The summed E-state index contributed by atoms with van der Waals surface area (Å²) in [6.45, 7) is 3.85. The Balaban J connectivity index is 1.45. The summed E-state index contributed by atoms with van der Waals surface area (Å²) in [5.41, 5.74) is -1.82. The van der Waals surface area contributed by atoms with Crippen molar-refractivity contribution < 1.29 is 32.5 Å². The second-order valence-electron chi connectivity index (χ2n) is 9.72. The number of hydrogen-bond donors (Lipinski definition) is 1. The van der Waals surface area contributed by atoms with Gasteiger partial charge in [-0.05, 0) is 63.8 Å². The lowest BCUT2D eigenvalue weighted by Crippen LogP contribution is -2.47. The fourth-order valence-corrected chi connectivity index (χ4v) is 7.96. The molecule has 2 heterocycles. The Hall–Kier alpha value is -1.64. The summed E-state index contributed by atoms with van der Waals surface area (Å²) in [5, 5.41) is 11.1. The maximum atomic E-state index is 13.1. The van der Waals surface area contributed by atoms with Crippen LogP contribution in [0.4, 0.5) is 0 Å². The molecule has 30 heavy (non-hydrogen) atoms. The number of epoxide rings is 1. The van der Waals surface area contributed by atoms with Crippen LogP contribution in [0.5, 0.6) is 5.75 Å². The molecule has 4 aliphatic rings. The second kappa shape index (κ2) is 6.20. The van der Waals surface area contributed by atoms with E-state index in [0.29, 0.717) is 18.6 Å². The Morgan fingerprint density at radius 1 is 1.17 bits per heavy atom. The van der Waals surface area contributed by atoms with E-state index in [1.54, 1.807) is 19.1 Å². The lowest BCUT2D eigenvalue weighted by atomic mass is 9.75. The van der Waals surface area contributed by atoms with E-state index in [4.69, 9.17) is 14.2 Å². The highest BCUT2D eigenvalue weighted by molar-refractivity contribution is 7.91. The molecule has 4 fully saturated rings. The monoisotopic (exact) mass is 436 g/mol. The number of carbonyl (C=O) groups is 1. The molecule has 1 N–H and O–H groups in total. The molecule has 5 rings (SSSR count). The number of sulfone groups is 1. The van der Waals surface area contributed by atoms with Gasteiger partial charge in [-0.15, -0.1) is 0 Å². The summed E-state index contributed by atoms with van der Waals surface area (Å²) >= 11 is 0. The van der Waals surface area contributed by atoms with Crippen LogP contribution in [0.15, 0.2) is 29.2 Å². The lowest BCUT2D eigenvalue weighted by Gasteiger charge is -2.34. The van der Waals surface area contributed by atoms with E-state index in [0.717, 1.165) is 12.8 Å². The fourth-order valence-electron chi connectivity index (χ4n) is 6.36. The lowest BCUT2D eigenvalue weighted by molar-refractivity contribution is -0.150. The van der Waals surface area contributed by atoms with E-state index in [-0.39, 0.29) is 28.1 Å². The molecule has 164 valence electrons. The smallest absolute Gasteiger partial charge is 0.310 e. The van der Waals surface area contributed by atoms with Crippen LogP contribution in [-0.2, 0) is 24.1 Å². The van der Waals surface area contributed by atoms with Gasteiger partial charge < -0.3 is 19.3 Å². The Kier molecular flexibility index (Phi) is 4.19. The Bertz CT molecular complexity index is 985. The predicted octanol–water partition coefficient (Wildman–Crippen LogP) is 2.11. The van der Waals surface area contributed by atoms with Crippen LogP contribution in [0.25, 0.3) is 0 Å². The number of aliphatic hydroxyl groups is 1. The minimum atomic E-state index is -3.68. The van der Waals surface area contributed by atoms with E-state index in [2.05, 4.69) is 6.92 Å². The van der Waals surface area contributed by atoms with Crippen LogP contribution in [0.1, 0.15) is 39.5 Å². The summed E-state index contributed by atoms with van der Waals surface area (Å²) in [4.78, 5) is 13.0. The van der Waals surface area contributed by atoms with Crippen molar-refractivity contribution in [3.05, 3.63) is 24.3 Å². The largest absolute Gasteiger partial charge is 0.497 e. The van der Waals surface area contributed by atoms with Crippen molar-refractivity contribution in [2.45, 2.75) is 67.3 Å². The molecule has 0 radical (unpaired) electrons. The molecule has 0 bridgehead atoms. The van der Waals surface area contributed by atoms with Crippen molar-refractivity contribution in [3.63, 3.8) is 0 Å². The van der Waals surface area contributed by atoms with E-state index >= 15 is 0 Å². The molecule has 2 aliphatic heterocycles. The maximum Gasteiger partial charge on any atom is 0.310 e. The third-order valence-electron chi connectivity index (χ3n) is 8.03. The average Bonchev–Trinajstić information content (AvgIpc) is 3.07. The SMILES string of the molecule is COc1ccc(S(=O)(=O)C[C@@H]2C(=O)O[C@H]3[C@H]2CC[C@]2(C)O[C@@]24CC[C@@](C)(O)[C@H]34)cc1. The molecule has 0 aromatic heterocycles. The highest BCUT2D eigenvalue weighted by Gasteiger charge is 2.80. The summed E-state index contributed by atoms with van der Waals surface area (Å²) in [6.07, 6.45) is 2.18. The minimum Gasteiger partial charge on any atom is -0.497 e. The first-order valence-corrected chi connectivity index (χ1v) is 12.2. The summed E-state index contributed by atoms with van der Waals surface area (Å²) in [6, 6.07) is 6.19. The fraction of sp³-hybridized carbons (Fsp3) is 0.682. The zero-order valence-corrected chi connectivity index (χ0v) is 18.3. The van der Waals surface area contributed by atoms with Gasteiger partial charge in [0.25, 0.3) is 0 Å². The van der Waals surface area contributed by atoms with Gasteiger partial charge in [-0.3, -0.25) is 4.79 Å². The van der Waals surface area contributed by atoms with E-state index in [9.17, 15) is 18.3 Å². The Morgan fingerprint density at radius 2 is 1.87 bits per heavy atom. The number of methoxy groups -OCH3 is 1. The molecule has 0 amide bonds. The number of benzene rings is 1. The van der Waals surface area contributed by atoms with Crippen molar-refractivity contribution in [2.24, 2.45) is 17.8 Å². The standard InChI is InChI=1S/C22H28O7S/c1-20(24)10-11-22-18(20)17-15(8-9-21(22,2)29-22)16(19(23)28-17)12-30(25,26)14-6-4-13(27-3)5-7-14/h4-7,15-18,24H,8-12H2,1-3H3/t15-,16-,17-,18-,20+,21-,22+/m0/s1. The Labute approximate surface area is 176 Å². The van der Waals surface area contributed by atoms with Crippen molar-refractivity contribution >= 4 is 15.8 Å². The maximum absolute atomic E-state index is 13.1. The number of carbonyl (C=O) groups excluding carboxylic acids is 1. The molecule has 7 nitrogen and oxygen atoms in total. The Morgan fingerprint density at radius 3 is 2.53 bits per heavy atom. The number of hydrogen-bond acceptors (Lipinski definition) is 7. The van der Waals surface area contributed by atoms with Gasteiger partial charge in [0.05, 0.1) is 40.8 Å². The van der Waals surface area contributed by atoms with Crippen molar-refractivity contribution in [1.82, 2.24) is 0 Å². The normalized spacial score (nSPS) is 44.5. The highest BCUT2D eigenvalue weighted by atomic mass is 32.2. The van der Waals surface area contributed by atoms with Gasteiger partial charge in [0.15, 0.2) is 9.84 Å². The molecule has 1 spiro atoms. The first-order valence-electron chi connectivity index (χ1n) is 10.5. The summed E-state index contributed by atoms with van der Waals surface area (Å²) in [5.74, 6) is -1.52. The zero-order valence-electron chi connectivity index (χ0n) is 17.5. The number of fused-ring (bicyclic) bond motifs is 2. The van der Waals surface area contributed by atoms with E-state index in [1.807, 2.05) is 0 Å². The first-order chi connectivity index (χ1) is 14.0. The van der Waals surface area contributed by atoms with Crippen molar-refractivity contribution in [3.8, 4) is 5.75 Å². The third-order valence-corrected chi connectivity index (χ3v) is 9.82. The van der Waals surface area contributed by atoms with Gasteiger partial charge in [-0.1, -0.05) is 0 Å². The van der Waals surface area contributed by atoms with Gasteiger partial charge in [-0.2, -0.15) is 0 Å². The average molecular weight is 437 g/mol. The molecule has 2 saturated heterocycles. The quantitative estimate of drug-likeness (QED) is 0.570. The molecule has 2 aliphatic carbocycles. The van der Waals surface area contributed by atoms with Crippen LogP contribution < -0.4 is 4.74 Å². The van der Waals surface area contributed by atoms with Gasteiger partial charge in [-0.25, -0.2) is 8.42 Å². The van der Waals surface area contributed by atoms with Crippen molar-refractivity contribution in [2.75, 3.05) is 12.9 Å². The minimum absolute atomic E-state index is 0.163. The van der Waals surface area contributed by atoms with Gasteiger partial charge in [0, 0.05) is 5.92 Å². The van der Waals surface area contributed by atoms with Crippen LogP contribution in [0.3, 0.4) is 0 Å². The number of rotatable bonds is 4. The van der Waals surface area contributed by atoms with Gasteiger partial charge >= 0.3 is 5.97 Å². The summed E-state index contributed by atoms with van der Waals surface area (Å²) < 4.78 is 43.2. The van der Waals surface area contributed by atoms with E-state index in [1.165, 1.54) is 19.2 Å². The van der Waals surface area contributed by atoms with Gasteiger partial charge in [0.1, 0.15) is 17.5 Å². The van der Waals surface area contributed by atoms with E-state index < -0.39 is 39.0 Å². The molecule has 8 heteroatoms. The molecule has 1 aromatic carbocycles. The van der Waals surface area contributed by atoms with Crippen molar-refractivity contribution in [1.29, 1.82) is 0 Å². The van der Waals surface area contributed by atoms with Crippen LogP contribution in [0, 0.1) is 17.8 Å². The topological polar surface area (TPSA) is 102 Å².